The molecule has 1 heterocycles. The first kappa shape index (κ1) is 13.8. The smallest absolute Gasteiger partial charge is 0.155 e. The van der Waals surface area contributed by atoms with Gasteiger partial charge in [-0.25, -0.2) is 9.97 Å². The number of hydrogen-bond acceptors (Lipinski definition) is 5. The molecule has 1 unspecified atom stereocenters. The van der Waals surface area contributed by atoms with E-state index in [1.54, 1.807) is 12.4 Å². The Labute approximate surface area is 107 Å². The molecule has 1 rings (SSSR count). The number of anilines is 1. The van der Waals surface area contributed by atoms with E-state index in [0.717, 1.165) is 13.0 Å². The van der Waals surface area contributed by atoms with Crippen LogP contribution < -0.4 is 11.1 Å². The maximum Gasteiger partial charge on any atom is 0.155 e. The van der Waals surface area contributed by atoms with E-state index in [9.17, 15) is 0 Å². The van der Waals surface area contributed by atoms with E-state index >= 15 is 0 Å². The molecule has 0 bridgehead atoms. The van der Waals surface area contributed by atoms with Crippen molar-refractivity contribution < 1.29 is 0 Å². The molecular formula is C11H19N5S. The quantitative estimate of drug-likeness (QED) is 0.733. The summed E-state index contributed by atoms with van der Waals surface area (Å²) in [4.78, 5) is 10.7. The van der Waals surface area contributed by atoms with Crippen LogP contribution in [0.3, 0.4) is 0 Å². The van der Waals surface area contributed by atoms with Gasteiger partial charge in [0.05, 0.1) is 0 Å². The van der Waals surface area contributed by atoms with Crippen LogP contribution in [-0.2, 0) is 0 Å². The predicted octanol–water partition coefficient (Wildman–Crippen LogP) is 0.863. The molecule has 0 aromatic carbocycles. The van der Waals surface area contributed by atoms with Gasteiger partial charge in [0.25, 0.3) is 0 Å². The molecule has 3 N–H and O–H groups in total. The zero-order chi connectivity index (χ0) is 12.8. The number of nitrogens with two attached hydrogens (primary N) is 1. The summed E-state index contributed by atoms with van der Waals surface area (Å²) in [6.45, 7) is 3.11. The summed E-state index contributed by atoms with van der Waals surface area (Å²) in [6.07, 6.45) is 4.23. The highest BCUT2D eigenvalue weighted by Gasteiger charge is 2.10. The van der Waals surface area contributed by atoms with Crippen molar-refractivity contribution >= 4 is 23.0 Å². The van der Waals surface area contributed by atoms with Gasteiger partial charge in [-0.3, -0.25) is 0 Å². The van der Waals surface area contributed by atoms with Crippen LogP contribution in [0.5, 0.6) is 0 Å². The fourth-order valence-electron chi connectivity index (χ4n) is 1.38. The summed E-state index contributed by atoms with van der Waals surface area (Å²) in [6, 6.07) is 0.294. The van der Waals surface area contributed by atoms with Crippen molar-refractivity contribution in [2.45, 2.75) is 19.4 Å². The van der Waals surface area contributed by atoms with Gasteiger partial charge in [0.15, 0.2) is 5.82 Å². The van der Waals surface area contributed by atoms with Crippen LogP contribution in [0.25, 0.3) is 0 Å². The normalized spacial score (nSPS) is 12.5. The van der Waals surface area contributed by atoms with Crippen LogP contribution in [-0.4, -0.2) is 46.5 Å². The summed E-state index contributed by atoms with van der Waals surface area (Å²) in [5.41, 5.74) is 6.15. The zero-order valence-electron chi connectivity index (χ0n) is 10.5. The van der Waals surface area contributed by atoms with Crippen molar-refractivity contribution in [1.29, 1.82) is 0 Å². The minimum absolute atomic E-state index is 0.264. The number of aromatic nitrogens is 2. The summed E-state index contributed by atoms with van der Waals surface area (Å²) in [5, 5.41) is 3.28. The van der Waals surface area contributed by atoms with E-state index in [-0.39, 0.29) is 4.99 Å². The fourth-order valence-corrected chi connectivity index (χ4v) is 1.53. The second-order valence-corrected chi connectivity index (χ2v) is 4.69. The first-order valence-corrected chi connectivity index (χ1v) is 5.93. The second kappa shape index (κ2) is 6.46. The highest BCUT2D eigenvalue weighted by Crippen LogP contribution is 2.10. The Bertz CT molecular complexity index is 380. The Kier molecular flexibility index (Phi) is 5.24. The number of nitrogens with zero attached hydrogens (tertiary/aromatic N) is 3. The third kappa shape index (κ3) is 4.62. The Hall–Kier alpha value is -1.27. The van der Waals surface area contributed by atoms with E-state index in [1.807, 2.05) is 0 Å². The van der Waals surface area contributed by atoms with Crippen molar-refractivity contribution in [2.24, 2.45) is 5.73 Å². The molecule has 5 nitrogen and oxygen atoms in total. The maximum absolute atomic E-state index is 5.59. The van der Waals surface area contributed by atoms with Crippen LogP contribution in [0.2, 0.25) is 0 Å². The molecule has 1 aromatic rings. The van der Waals surface area contributed by atoms with Crippen molar-refractivity contribution in [3.8, 4) is 0 Å². The molecule has 1 atom stereocenters. The summed E-state index contributed by atoms with van der Waals surface area (Å²) in [5.74, 6) is 0.659. The minimum atomic E-state index is 0.264. The monoisotopic (exact) mass is 253 g/mol. The number of hydrogen-bond donors (Lipinski definition) is 2. The van der Waals surface area contributed by atoms with Gasteiger partial charge < -0.3 is 16.0 Å². The SMILES string of the molecule is CC(CCN(C)C)Nc1nccnc1C(N)=S. The van der Waals surface area contributed by atoms with Gasteiger partial charge in [-0.05, 0) is 34.0 Å². The maximum atomic E-state index is 5.59. The molecule has 94 valence electrons. The largest absolute Gasteiger partial charge is 0.388 e. The van der Waals surface area contributed by atoms with Gasteiger partial charge in [0, 0.05) is 18.4 Å². The summed E-state index contributed by atoms with van der Waals surface area (Å²) in [7, 11) is 4.10. The van der Waals surface area contributed by atoms with E-state index in [4.69, 9.17) is 18.0 Å². The molecule has 0 saturated heterocycles. The van der Waals surface area contributed by atoms with Crippen molar-refractivity contribution in [2.75, 3.05) is 26.0 Å². The third-order valence-corrected chi connectivity index (χ3v) is 2.52. The van der Waals surface area contributed by atoms with Crippen LogP contribution in [0.1, 0.15) is 19.0 Å². The lowest BCUT2D eigenvalue weighted by atomic mass is 10.2. The topological polar surface area (TPSA) is 67.1 Å². The number of thiocarbonyl (C=S) groups is 1. The van der Waals surface area contributed by atoms with Crippen LogP contribution >= 0.6 is 12.2 Å². The highest BCUT2D eigenvalue weighted by atomic mass is 32.1. The molecule has 0 saturated carbocycles. The van der Waals surface area contributed by atoms with E-state index in [1.165, 1.54) is 0 Å². The van der Waals surface area contributed by atoms with Crippen LogP contribution in [0, 0.1) is 0 Å². The molecule has 0 fully saturated rings. The Morgan fingerprint density at radius 1 is 1.47 bits per heavy atom. The molecular weight excluding hydrogens is 234 g/mol. The number of nitrogens with one attached hydrogen (secondary N) is 1. The molecule has 6 heteroatoms. The van der Waals surface area contributed by atoms with Crippen molar-refractivity contribution in [3.63, 3.8) is 0 Å². The molecule has 0 spiro atoms. The average molecular weight is 253 g/mol. The van der Waals surface area contributed by atoms with Crippen LogP contribution in [0.4, 0.5) is 5.82 Å². The van der Waals surface area contributed by atoms with Crippen molar-refractivity contribution in [3.05, 3.63) is 18.1 Å². The van der Waals surface area contributed by atoms with Gasteiger partial charge in [-0.2, -0.15) is 0 Å². The van der Waals surface area contributed by atoms with Crippen LogP contribution in [0.15, 0.2) is 12.4 Å². The standard InChI is InChI=1S/C11H19N5S/c1-8(4-7-16(2)3)15-11-9(10(12)17)13-5-6-14-11/h5-6,8H,4,7H2,1-3H3,(H2,12,17)(H,14,15). The third-order valence-electron chi connectivity index (χ3n) is 2.32. The number of rotatable bonds is 6. The Morgan fingerprint density at radius 2 is 2.12 bits per heavy atom. The summed E-state index contributed by atoms with van der Waals surface area (Å²) < 4.78 is 0. The van der Waals surface area contributed by atoms with Crippen molar-refractivity contribution in [1.82, 2.24) is 14.9 Å². The fraction of sp³-hybridized carbons (Fsp3) is 0.545. The first-order chi connectivity index (χ1) is 8.00. The van der Waals surface area contributed by atoms with E-state index < -0.39 is 0 Å². The Morgan fingerprint density at radius 3 is 2.71 bits per heavy atom. The Balaban J connectivity index is 2.64. The van der Waals surface area contributed by atoms with Gasteiger partial charge in [0.2, 0.25) is 0 Å². The minimum Gasteiger partial charge on any atom is -0.388 e. The molecule has 0 aliphatic heterocycles. The zero-order valence-corrected chi connectivity index (χ0v) is 11.3. The lowest BCUT2D eigenvalue weighted by Crippen LogP contribution is -2.25. The second-order valence-electron chi connectivity index (χ2n) is 4.26. The first-order valence-electron chi connectivity index (χ1n) is 5.52. The van der Waals surface area contributed by atoms with Gasteiger partial charge >= 0.3 is 0 Å². The molecule has 0 aliphatic rings. The highest BCUT2D eigenvalue weighted by molar-refractivity contribution is 7.80. The van der Waals surface area contributed by atoms with Gasteiger partial charge in [-0.1, -0.05) is 12.2 Å². The lowest BCUT2D eigenvalue weighted by molar-refractivity contribution is 0.390. The van der Waals surface area contributed by atoms with Gasteiger partial charge in [0.1, 0.15) is 10.7 Å². The predicted molar refractivity (Wildman–Crippen MR) is 74.2 cm³/mol. The molecule has 0 aliphatic carbocycles. The molecule has 0 amide bonds. The molecule has 17 heavy (non-hydrogen) atoms. The molecule has 0 radical (unpaired) electrons. The van der Waals surface area contributed by atoms with E-state index in [2.05, 4.69) is 41.2 Å². The lowest BCUT2D eigenvalue weighted by Gasteiger charge is -2.18. The van der Waals surface area contributed by atoms with Gasteiger partial charge in [-0.15, -0.1) is 0 Å². The van der Waals surface area contributed by atoms with E-state index in [0.29, 0.717) is 17.6 Å². The average Bonchev–Trinajstić information content (AvgIpc) is 2.27. The summed E-state index contributed by atoms with van der Waals surface area (Å²) >= 11 is 4.94. The molecule has 1 aromatic heterocycles.